The minimum Gasteiger partial charge on any atom is -0.370 e. The molecule has 0 unspecified atom stereocenters. The van der Waals surface area contributed by atoms with Crippen molar-refractivity contribution in [2.75, 3.05) is 4.90 Å². The number of carbonyl (C=O) groups excluding carboxylic acids is 1. The lowest BCUT2D eigenvalue weighted by Crippen LogP contribution is -2.41. The van der Waals surface area contributed by atoms with Crippen molar-refractivity contribution in [3.05, 3.63) is 50.9 Å². The van der Waals surface area contributed by atoms with Crippen molar-refractivity contribution < 1.29 is 4.79 Å². The van der Waals surface area contributed by atoms with Crippen molar-refractivity contribution in [2.24, 2.45) is 10.7 Å². The van der Waals surface area contributed by atoms with Crippen molar-refractivity contribution >= 4 is 51.2 Å². The van der Waals surface area contributed by atoms with Gasteiger partial charge in [0.15, 0.2) is 0 Å². The number of aryl methyl sites for hydroxylation is 1. The molecule has 4 N–H and O–H groups in total. The molecule has 3 rings (SSSR count). The Hall–Kier alpha value is -2.51. The summed E-state index contributed by atoms with van der Waals surface area (Å²) in [6.07, 6.45) is -0.0906. The fraction of sp³-hybridized carbons (Fsp3) is 0.263. The normalized spacial score (nSPS) is 16.6. The van der Waals surface area contributed by atoms with E-state index in [-0.39, 0.29) is 18.1 Å². The van der Waals surface area contributed by atoms with Gasteiger partial charge < -0.3 is 5.73 Å². The molecule has 8 heteroatoms. The summed E-state index contributed by atoms with van der Waals surface area (Å²) in [6, 6.07) is 6.55. The molecule has 2 heterocycles. The van der Waals surface area contributed by atoms with E-state index in [1.165, 1.54) is 11.3 Å². The number of thiophene rings is 1. The van der Waals surface area contributed by atoms with E-state index in [9.17, 15) is 4.79 Å². The first kappa shape index (κ1) is 19.3. The number of anilines is 1. The van der Waals surface area contributed by atoms with Gasteiger partial charge in [-0.15, -0.1) is 11.3 Å². The number of aliphatic imine (C=N–C) groups is 1. The summed E-state index contributed by atoms with van der Waals surface area (Å²) >= 11 is 7.55. The average Bonchev–Trinajstić information content (AvgIpc) is 2.80. The number of halogens is 1. The van der Waals surface area contributed by atoms with E-state index in [2.05, 4.69) is 0 Å². The van der Waals surface area contributed by atoms with Crippen molar-refractivity contribution in [2.45, 2.75) is 33.2 Å². The van der Waals surface area contributed by atoms with E-state index >= 15 is 0 Å². The maximum absolute atomic E-state index is 11.6. The summed E-state index contributed by atoms with van der Waals surface area (Å²) in [5.74, 6) is -0.262. The standard InChI is InChI=1S/C19H20ClN5OS/c1-9-10(2)27-19-16(9)17(12-4-6-13(20)7-5-12)24-14(8-15(22)26)18(23)25(19)11(3)21/h4-7,14,21,23H,8H2,1-3H3,(H2,22,26)/t14-/m0/s1. The number of fused-ring (bicyclic) bond motifs is 1. The fourth-order valence-electron chi connectivity index (χ4n) is 3.08. The van der Waals surface area contributed by atoms with Gasteiger partial charge >= 0.3 is 0 Å². The number of carbonyl (C=O) groups is 1. The van der Waals surface area contributed by atoms with E-state index in [1.807, 2.05) is 26.0 Å². The summed E-state index contributed by atoms with van der Waals surface area (Å²) < 4.78 is 0. The first-order chi connectivity index (χ1) is 12.7. The lowest BCUT2D eigenvalue weighted by Gasteiger charge is -2.24. The van der Waals surface area contributed by atoms with Crippen LogP contribution >= 0.6 is 22.9 Å². The number of primary amides is 1. The van der Waals surface area contributed by atoms with Gasteiger partial charge in [-0.2, -0.15) is 0 Å². The predicted molar refractivity (Wildman–Crippen MR) is 112 cm³/mol. The van der Waals surface area contributed by atoms with Crippen LogP contribution in [0.4, 0.5) is 5.00 Å². The fourth-order valence-corrected chi connectivity index (χ4v) is 4.43. The zero-order chi connectivity index (χ0) is 19.9. The van der Waals surface area contributed by atoms with Gasteiger partial charge in [-0.3, -0.25) is 25.5 Å². The molecule has 0 aliphatic carbocycles. The number of nitrogens with two attached hydrogens (primary N) is 1. The lowest BCUT2D eigenvalue weighted by molar-refractivity contribution is -0.118. The van der Waals surface area contributed by atoms with Crippen LogP contribution in [0.15, 0.2) is 29.3 Å². The first-order valence-corrected chi connectivity index (χ1v) is 9.56. The Labute approximate surface area is 166 Å². The third-order valence-electron chi connectivity index (χ3n) is 4.50. The van der Waals surface area contributed by atoms with Crippen molar-refractivity contribution in [3.8, 4) is 0 Å². The van der Waals surface area contributed by atoms with Gasteiger partial charge in [-0.1, -0.05) is 23.7 Å². The van der Waals surface area contributed by atoms with Crippen molar-refractivity contribution in [1.82, 2.24) is 0 Å². The SMILES string of the molecule is CC(=N)N1C(=N)[C@H](CC(N)=O)N=C(c2ccc(Cl)cc2)c2c1sc(C)c2C. The molecule has 2 aromatic rings. The Bertz CT molecular complexity index is 977. The Morgan fingerprint density at radius 3 is 2.52 bits per heavy atom. The van der Waals surface area contributed by atoms with Gasteiger partial charge in [-0.25, -0.2) is 0 Å². The van der Waals surface area contributed by atoms with Crippen molar-refractivity contribution in [1.29, 1.82) is 10.8 Å². The number of amides is 1. The van der Waals surface area contributed by atoms with E-state index in [4.69, 9.17) is 33.1 Å². The van der Waals surface area contributed by atoms with Gasteiger partial charge in [0.25, 0.3) is 0 Å². The van der Waals surface area contributed by atoms with Crippen LogP contribution in [0.25, 0.3) is 0 Å². The molecule has 140 valence electrons. The predicted octanol–water partition coefficient (Wildman–Crippen LogP) is 3.89. The molecule has 0 fully saturated rings. The Balaban J connectivity index is 2.31. The largest absolute Gasteiger partial charge is 0.370 e. The third-order valence-corrected chi connectivity index (χ3v) is 5.94. The number of benzene rings is 1. The number of nitrogens with one attached hydrogen (secondary N) is 2. The molecule has 0 saturated heterocycles. The minimum absolute atomic E-state index is 0.0766. The summed E-state index contributed by atoms with van der Waals surface area (Å²) in [5.41, 5.74) is 8.85. The third kappa shape index (κ3) is 3.52. The Kier molecular flexibility index (Phi) is 5.17. The Morgan fingerprint density at radius 2 is 1.96 bits per heavy atom. The highest BCUT2D eigenvalue weighted by Gasteiger charge is 2.34. The van der Waals surface area contributed by atoms with E-state index in [1.54, 1.807) is 24.0 Å². The zero-order valence-electron chi connectivity index (χ0n) is 15.3. The van der Waals surface area contributed by atoms with Gasteiger partial charge in [0.1, 0.15) is 22.7 Å². The summed E-state index contributed by atoms with van der Waals surface area (Å²) in [4.78, 5) is 19.0. The molecule has 0 saturated carbocycles. The molecule has 1 aliphatic heterocycles. The number of hydrogen-bond donors (Lipinski definition) is 3. The van der Waals surface area contributed by atoms with Crippen LogP contribution in [0.1, 0.15) is 34.9 Å². The monoisotopic (exact) mass is 401 g/mol. The summed E-state index contributed by atoms with van der Waals surface area (Å²) in [5, 5.41) is 18.2. The molecule has 1 aromatic heterocycles. The van der Waals surface area contributed by atoms with Crippen LogP contribution in [-0.2, 0) is 4.79 Å². The number of nitrogens with zero attached hydrogens (tertiary/aromatic N) is 2. The minimum atomic E-state index is -0.757. The number of hydrogen-bond acceptors (Lipinski definition) is 5. The average molecular weight is 402 g/mol. The van der Waals surface area contributed by atoms with Crippen LogP contribution in [0.3, 0.4) is 0 Å². The Morgan fingerprint density at radius 1 is 1.33 bits per heavy atom. The van der Waals surface area contributed by atoms with E-state index in [0.29, 0.717) is 10.7 Å². The molecule has 27 heavy (non-hydrogen) atoms. The second-order valence-electron chi connectivity index (χ2n) is 6.44. The number of rotatable bonds is 3. The molecule has 6 nitrogen and oxygen atoms in total. The molecular weight excluding hydrogens is 382 g/mol. The van der Waals surface area contributed by atoms with Gasteiger partial charge in [-0.05, 0) is 38.5 Å². The van der Waals surface area contributed by atoms with Crippen LogP contribution in [-0.4, -0.2) is 29.3 Å². The smallest absolute Gasteiger partial charge is 0.220 e. The van der Waals surface area contributed by atoms with Gasteiger partial charge in [0.05, 0.1) is 12.1 Å². The molecule has 1 aliphatic rings. The highest BCUT2D eigenvalue weighted by atomic mass is 35.5. The molecule has 0 bridgehead atoms. The molecule has 0 spiro atoms. The van der Waals surface area contributed by atoms with Crippen LogP contribution in [0.2, 0.25) is 5.02 Å². The topological polar surface area (TPSA) is 106 Å². The van der Waals surface area contributed by atoms with Gasteiger partial charge in [0.2, 0.25) is 5.91 Å². The lowest BCUT2D eigenvalue weighted by atomic mass is 9.99. The molecular formula is C19H20ClN5OS. The van der Waals surface area contributed by atoms with Gasteiger partial charge in [0, 0.05) is 21.0 Å². The molecule has 1 aromatic carbocycles. The van der Waals surface area contributed by atoms with Crippen LogP contribution in [0.5, 0.6) is 0 Å². The maximum atomic E-state index is 11.6. The first-order valence-electron chi connectivity index (χ1n) is 8.36. The summed E-state index contributed by atoms with van der Waals surface area (Å²) in [7, 11) is 0. The molecule has 1 amide bonds. The zero-order valence-corrected chi connectivity index (χ0v) is 16.8. The van der Waals surface area contributed by atoms with E-state index < -0.39 is 11.9 Å². The van der Waals surface area contributed by atoms with E-state index in [0.717, 1.165) is 26.6 Å². The highest BCUT2D eigenvalue weighted by molar-refractivity contribution is 7.17. The van der Waals surface area contributed by atoms with Crippen molar-refractivity contribution in [3.63, 3.8) is 0 Å². The quantitative estimate of drug-likeness (QED) is 0.536. The van der Waals surface area contributed by atoms with Crippen LogP contribution < -0.4 is 10.6 Å². The summed E-state index contributed by atoms with van der Waals surface area (Å²) in [6.45, 7) is 5.64. The molecule has 1 atom stereocenters. The maximum Gasteiger partial charge on any atom is 0.220 e. The second-order valence-corrected chi connectivity index (χ2v) is 8.08. The number of amidine groups is 2. The molecule has 0 radical (unpaired) electrons. The van der Waals surface area contributed by atoms with Crippen LogP contribution in [0, 0.1) is 24.7 Å². The second kappa shape index (κ2) is 7.25. The highest BCUT2D eigenvalue weighted by Crippen LogP contribution is 2.40.